The summed E-state index contributed by atoms with van der Waals surface area (Å²) in [7, 11) is -2.81. The van der Waals surface area contributed by atoms with Gasteiger partial charge in [-0.05, 0) is 12.1 Å². The molecule has 5 nitrogen and oxygen atoms in total. The van der Waals surface area contributed by atoms with Crippen LogP contribution in [-0.4, -0.2) is 37.4 Å². The molecule has 0 radical (unpaired) electrons. The van der Waals surface area contributed by atoms with Crippen LogP contribution < -0.4 is 29.6 Å². The number of para-hydroxylation sites is 1. The van der Waals surface area contributed by atoms with Crippen LogP contribution in [0, 0.1) is 0 Å². The number of aliphatic hydroxyl groups excluding tert-OH is 1. The Morgan fingerprint density at radius 3 is 2.07 bits per heavy atom. The molecule has 0 aliphatic rings. The van der Waals surface area contributed by atoms with Gasteiger partial charge in [0.2, 0.25) is 0 Å². The van der Waals surface area contributed by atoms with Crippen molar-refractivity contribution in [2.45, 2.75) is 0 Å². The van der Waals surface area contributed by atoms with Gasteiger partial charge in [0.1, 0.15) is 5.75 Å². The maximum atomic E-state index is 9.61. The van der Waals surface area contributed by atoms with Crippen molar-refractivity contribution in [2.24, 2.45) is 0 Å². The van der Waals surface area contributed by atoms with Crippen LogP contribution in [0.2, 0.25) is 0 Å². The van der Waals surface area contributed by atoms with Crippen molar-refractivity contribution in [3.63, 3.8) is 0 Å². The van der Waals surface area contributed by atoms with E-state index >= 15 is 0 Å². The fourth-order valence-corrected chi connectivity index (χ4v) is 0.827. The van der Waals surface area contributed by atoms with Crippen molar-refractivity contribution in [1.82, 2.24) is 0 Å². The topological polar surface area (TPSA) is 87.0 Å². The van der Waals surface area contributed by atoms with E-state index in [1.807, 2.05) is 6.07 Å². The van der Waals surface area contributed by atoms with E-state index in [0.29, 0.717) is 5.75 Å². The van der Waals surface area contributed by atoms with Gasteiger partial charge in [-0.3, -0.25) is 4.46 Å². The minimum atomic E-state index is -2.81. The number of aromatic hydroxyl groups is 1. The van der Waals surface area contributed by atoms with Crippen LogP contribution in [0.3, 0.4) is 0 Å². The second kappa shape index (κ2) is 11.7. The van der Waals surface area contributed by atoms with Crippen molar-refractivity contribution in [3.8, 4) is 5.75 Å². The number of aliphatic hydroxyl groups is 1. The zero-order chi connectivity index (χ0) is 10.8. The van der Waals surface area contributed by atoms with Crippen molar-refractivity contribution >= 4 is 9.17 Å². The number of phenolic OH excluding ortho intramolecular Hbond substituents is 1. The van der Waals surface area contributed by atoms with E-state index in [-0.39, 0.29) is 44.2 Å². The molecule has 80 valence electrons. The van der Waals surface area contributed by atoms with Gasteiger partial charge >= 0.3 is 38.7 Å². The largest absolute Gasteiger partial charge is 1.00 e. The second-order valence-corrected chi connectivity index (χ2v) is 2.99. The zero-order valence-electron chi connectivity index (χ0n) is 9.46. The first-order chi connectivity index (χ1) is 6.66. The fraction of sp³-hybridized carbons (Fsp3) is 0.250. The minimum Gasteiger partial charge on any atom is -1.00 e. The van der Waals surface area contributed by atoms with Gasteiger partial charge in [-0.2, -0.15) is 0 Å². The number of benzene rings is 1. The van der Waals surface area contributed by atoms with E-state index in [0.717, 1.165) is 0 Å². The molecule has 1 aromatic carbocycles. The molecule has 0 fully saturated rings. The second-order valence-electron chi connectivity index (χ2n) is 2.17. The number of hydrogen-bond acceptors (Lipinski definition) is 4. The summed E-state index contributed by atoms with van der Waals surface area (Å²) in [5.74, 6) is 0.322. The van der Waals surface area contributed by atoms with Gasteiger partial charge in [0.15, 0.2) is 0 Å². The summed E-state index contributed by atoms with van der Waals surface area (Å²) in [6.45, 7) is -0.273. The molecule has 0 heterocycles. The Morgan fingerprint density at radius 1 is 1.33 bits per heavy atom. The van der Waals surface area contributed by atoms with Gasteiger partial charge in [0, 0.05) is 0 Å². The SMILES string of the molecule is O=[Si](O)OCCO.Oc1ccccc1.[H-].[Na+]. The Labute approximate surface area is 113 Å². The van der Waals surface area contributed by atoms with Gasteiger partial charge in [0.05, 0.1) is 13.2 Å². The van der Waals surface area contributed by atoms with Crippen molar-refractivity contribution in [1.29, 1.82) is 0 Å². The quantitative estimate of drug-likeness (QED) is 0.488. The van der Waals surface area contributed by atoms with Gasteiger partial charge < -0.3 is 20.9 Å². The van der Waals surface area contributed by atoms with E-state index in [1.54, 1.807) is 24.3 Å². The maximum absolute atomic E-state index is 9.61. The molecule has 0 spiro atoms. The number of phenols is 1. The maximum Gasteiger partial charge on any atom is 1.00 e. The standard InChI is InChI=1S/C6H6O.C2H6O4Si.Na.H/c7-6-4-2-1-3-5-6;3-1-2-6-7(4)5;;/h1-5,7H;3-4H,1-2H2;;/q;;+1;-1. The molecule has 0 amide bonds. The zero-order valence-corrected chi connectivity index (χ0v) is 11.5. The molecule has 0 saturated heterocycles. The van der Waals surface area contributed by atoms with Crippen LogP contribution in [0.25, 0.3) is 0 Å². The minimum absolute atomic E-state index is 0. The number of hydrogen-bond donors (Lipinski definition) is 3. The molecule has 15 heavy (non-hydrogen) atoms. The van der Waals surface area contributed by atoms with Crippen LogP contribution >= 0.6 is 0 Å². The average molecular weight is 240 g/mol. The van der Waals surface area contributed by atoms with Gasteiger partial charge in [0.25, 0.3) is 0 Å². The summed E-state index contributed by atoms with van der Waals surface area (Å²) in [6.07, 6.45) is 0. The Morgan fingerprint density at radius 2 is 1.87 bits per heavy atom. The van der Waals surface area contributed by atoms with E-state index < -0.39 is 9.17 Å². The van der Waals surface area contributed by atoms with E-state index in [2.05, 4.69) is 4.43 Å². The first-order valence-electron chi connectivity index (χ1n) is 3.87. The third-order valence-corrected chi connectivity index (χ3v) is 1.52. The van der Waals surface area contributed by atoms with Gasteiger partial charge in [-0.15, -0.1) is 0 Å². The summed E-state index contributed by atoms with van der Waals surface area (Å²) in [5.41, 5.74) is 0. The van der Waals surface area contributed by atoms with Crippen LogP contribution in [0.1, 0.15) is 1.43 Å². The molecule has 0 saturated carbocycles. The Kier molecular flexibility index (Phi) is 13.2. The molecular weight excluding hydrogens is 227 g/mol. The van der Waals surface area contributed by atoms with E-state index in [4.69, 9.17) is 15.0 Å². The Hall–Kier alpha value is -0.403. The van der Waals surface area contributed by atoms with Crippen LogP contribution in [0.15, 0.2) is 30.3 Å². The first kappa shape index (κ1) is 17.0. The van der Waals surface area contributed by atoms with Crippen molar-refractivity contribution < 1.29 is 54.9 Å². The average Bonchev–Trinajstić information content (AvgIpc) is 2.17. The smallest absolute Gasteiger partial charge is 1.00 e. The van der Waals surface area contributed by atoms with Crippen LogP contribution in [0.4, 0.5) is 0 Å². The van der Waals surface area contributed by atoms with E-state index in [1.165, 1.54) is 0 Å². The molecule has 0 bridgehead atoms. The fourth-order valence-electron chi connectivity index (χ4n) is 0.561. The summed E-state index contributed by atoms with van der Waals surface area (Å²) >= 11 is 0. The summed E-state index contributed by atoms with van der Waals surface area (Å²) < 4.78 is 13.7. The summed E-state index contributed by atoms with van der Waals surface area (Å²) in [5, 5.41) is 16.6. The summed E-state index contributed by atoms with van der Waals surface area (Å²) in [6, 6.07) is 8.71. The molecule has 0 unspecified atom stereocenters. The normalized spacial score (nSPS) is 7.80. The molecule has 3 N–H and O–H groups in total. The Bertz CT molecular complexity index is 262. The monoisotopic (exact) mass is 240 g/mol. The summed E-state index contributed by atoms with van der Waals surface area (Å²) in [4.78, 5) is 7.90. The molecule has 0 atom stereocenters. The third kappa shape index (κ3) is 13.6. The molecule has 7 heteroatoms. The molecule has 1 rings (SSSR count). The van der Waals surface area contributed by atoms with Crippen molar-refractivity contribution in [3.05, 3.63) is 30.3 Å². The predicted molar refractivity (Wildman–Crippen MR) is 50.9 cm³/mol. The first-order valence-corrected chi connectivity index (χ1v) is 5.13. The molecule has 0 aromatic heterocycles. The van der Waals surface area contributed by atoms with Crippen molar-refractivity contribution in [2.75, 3.05) is 13.2 Å². The predicted octanol–water partition coefficient (Wildman–Crippen LogP) is -3.09. The van der Waals surface area contributed by atoms with Crippen LogP contribution in [-0.2, 0) is 8.89 Å². The molecule has 1 aromatic rings. The molecular formula is C8H13NaO5Si. The van der Waals surface area contributed by atoms with Crippen LogP contribution in [0.5, 0.6) is 5.75 Å². The van der Waals surface area contributed by atoms with Gasteiger partial charge in [-0.25, -0.2) is 0 Å². The Balaban J connectivity index is -0.000000188. The molecule has 0 aliphatic heterocycles. The molecule has 0 aliphatic carbocycles. The number of rotatable bonds is 3. The third-order valence-electron chi connectivity index (χ3n) is 1.07. The van der Waals surface area contributed by atoms with Gasteiger partial charge in [-0.1, -0.05) is 18.2 Å². The van der Waals surface area contributed by atoms with E-state index in [9.17, 15) is 4.46 Å².